The van der Waals surface area contributed by atoms with E-state index in [0.717, 1.165) is 5.69 Å². The molecule has 5 heteroatoms. The fourth-order valence-electron chi connectivity index (χ4n) is 1.81. The minimum Gasteiger partial charge on any atom is -0.435 e. The van der Waals surface area contributed by atoms with Crippen molar-refractivity contribution in [2.75, 3.05) is 13.1 Å². The lowest BCUT2D eigenvalue weighted by Crippen LogP contribution is -2.45. The highest BCUT2D eigenvalue weighted by atomic mass is 16.6. The Morgan fingerprint density at radius 1 is 1.37 bits per heavy atom. The predicted molar refractivity (Wildman–Crippen MR) is 73.0 cm³/mol. The number of nitrogens with one attached hydrogen (secondary N) is 1. The van der Waals surface area contributed by atoms with Crippen LogP contribution >= 0.6 is 0 Å². The van der Waals surface area contributed by atoms with Crippen LogP contribution in [0, 0.1) is 0 Å². The second-order valence-electron chi connectivity index (χ2n) is 4.70. The SMILES string of the molecule is CCN(CC)C(=O)OC(C)(Cc1ccc[nH]1)C(C)=O. The Morgan fingerprint density at radius 3 is 2.42 bits per heavy atom. The summed E-state index contributed by atoms with van der Waals surface area (Å²) in [7, 11) is 0. The lowest BCUT2D eigenvalue weighted by Gasteiger charge is -2.29. The molecular weight excluding hydrogens is 244 g/mol. The fraction of sp³-hybridized carbons (Fsp3) is 0.571. The largest absolute Gasteiger partial charge is 0.435 e. The number of Topliss-reactive ketones (excluding diaryl/α,β-unsaturated/α-hetero) is 1. The summed E-state index contributed by atoms with van der Waals surface area (Å²) in [6.07, 6.45) is 1.68. The molecule has 0 aromatic carbocycles. The average Bonchev–Trinajstić information content (AvgIpc) is 2.82. The van der Waals surface area contributed by atoms with E-state index in [1.54, 1.807) is 18.0 Å². The third-order valence-electron chi connectivity index (χ3n) is 3.27. The van der Waals surface area contributed by atoms with E-state index in [4.69, 9.17) is 4.74 Å². The van der Waals surface area contributed by atoms with Crippen molar-refractivity contribution in [1.82, 2.24) is 9.88 Å². The van der Waals surface area contributed by atoms with Gasteiger partial charge in [-0.3, -0.25) is 4.79 Å². The second kappa shape index (κ2) is 6.41. The molecule has 0 saturated carbocycles. The molecule has 1 unspecified atom stereocenters. The zero-order valence-corrected chi connectivity index (χ0v) is 12.0. The number of aromatic nitrogens is 1. The molecule has 1 amide bonds. The Kier molecular flexibility index (Phi) is 5.15. The molecule has 1 rings (SSSR count). The van der Waals surface area contributed by atoms with Gasteiger partial charge in [-0.15, -0.1) is 0 Å². The highest BCUT2D eigenvalue weighted by Gasteiger charge is 2.36. The van der Waals surface area contributed by atoms with Gasteiger partial charge < -0.3 is 14.6 Å². The summed E-state index contributed by atoms with van der Waals surface area (Å²) < 4.78 is 5.43. The predicted octanol–water partition coefficient (Wildman–Crippen LogP) is 2.38. The summed E-state index contributed by atoms with van der Waals surface area (Å²) in [6, 6.07) is 3.72. The zero-order valence-electron chi connectivity index (χ0n) is 12.0. The quantitative estimate of drug-likeness (QED) is 0.860. The Bertz CT molecular complexity index is 424. The van der Waals surface area contributed by atoms with Crippen molar-refractivity contribution in [2.45, 2.75) is 39.7 Å². The first-order valence-electron chi connectivity index (χ1n) is 6.54. The highest BCUT2D eigenvalue weighted by Crippen LogP contribution is 2.19. The maximum Gasteiger partial charge on any atom is 0.410 e. The standard InChI is InChI=1S/C14H22N2O3/c1-5-16(6-2)13(18)19-14(4,11(3)17)10-12-8-7-9-15-12/h7-9,15H,5-6,10H2,1-4H3. The normalized spacial score (nSPS) is 13.7. The number of nitrogens with zero attached hydrogens (tertiary/aromatic N) is 1. The molecule has 0 radical (unpaired) electrons. The van der Waals surface area contributed by atoms with Crippen LogP contribution in [0.4, 0.5) is 4.79 Å². The van der Waals surface area contributed by atoms with Crippen molar-refractivity contribution in [3.8, 4) is 0 Å². The lowest BCUT2D eigenvalue weighted by atomic mass is 9.95. The molecule has 0 saturated heterocycles. The van der Waals surface area contributed by atoms with Crippen molar-refractivity contribution in [1.29, 1.82) is 0 Å². The van der Waals surface area contributed by atoms with E-state index in [-0.39, 0.29) is 5.78 Å². The van der Waals surface area contributed by atoms with Crippen LogP contribution in [0.25, 0.3) is 0 Å². The monoisotopic (exact) mass is 266 g/mol. The molecule has 0 spiro atoms. The minimum atomic E-state index is -1.13. The van der Waals surface area contributed by atoms with Gasteiger partial charge in [-0.25, -0.2) is 4.79 Å². The number of amides is 1. The van der Waals surface area contributed by atoms with Gasteiger partial charge in [-0.1, -0.05) is 0 Å². The van der Waals surface area contributed by atoms with Gasteiger partial charge in [0.2, 0.25) is 0 Å². The van der Waals surface area contributed by atoms with Crippen LogP contribution in [0.5, 0.6) is 0 Å². The number of ketones is 1. The number of rotatable bonds is 6. The molecule has 1 N–H and O–H groups in total. The zero-order chi connectivity index (χ0) is 14.5. The molecule has 0 bridgehead atoms. The van der Waals surface area contributed by atoms with Crippen molar-refractivity contribution in [2.24, 2.45) is 0 Å². The van der Waals surface area contributed by atoms with E-state index in [2.05, 4.69) is 4.98 Å². The van der Waals surface area contributed by atoms with E-state index in [0.29, 0.717) is 19.5 Å². The van der Waals surface area contributed by atoms with Crippen molar-refractivity contribution >= 4 is 11.9 Å². The van der Waals surface area contributed by atoms with Gasteiger partial charge in [0.05, 0.1) is 0 Å². The molecule has 0 aliphatic rings. The second-order valence-corrected chi connectivity index (χ2v) is 4.70. The van der Waals surface area contributed by atoms with Crippen molar-refractivity contribution in [3.63, 3.8) is 0 Å². The molecule has 1 atom stereocenters. The molecule has 0 fully saturated rings. The number of H-pyrrole nitrogens is 1. The summed E-state index contributed by atoms with van der Waals surface area (Å²) >= 11 is 0. The summed E-state index contributed by atoms with van der Waals surface area (Å²) in [6.45, 7) is 7.97. The Morgan fingerprint density at radius 2 is 2.00 bits per heavy atom. The van der Waals surface area contributed by atoms with Crippen LogP contribution in [0.2, 0.25) is 0 Å². The first-order chi connectivity index (χ1) is 8.92. The van der Waals surface area contributed by atoms with Gasteiger partial charge in [0, 0.05) is 31.4 Å². The summed E-state index contributed by atoms with van der Waals surface area (Å²) in [5.41, 5.74) is -0.269. The molecule has 1 heterocycles. The average molecular weight is 266 g/mol. The minimum absolute atomic E-state index is 0.164. The molecule has 1 aromatic rings. The van der Waals surface area contributed by atoms with E-state index in [9.17, 15) is 9.59 Å². The molecule has 0 aliphatic heterocycles. The molecule has 1 aromatic heterocycles. The van der Waals surface area contributed by atoms with Gasteiger partial charge >= 0.3 is 6.09 Å². The van der Waals surface area contributed by atoms with Crippen molar-refractivity contribution in [3.05, 3.63) is 24.0 Å². The van der Waals surface area contributed by atoms with Crippen LogP contribution in [-0.4, -0.2) is 40.5 Å². The maximum atomic E-state index is 12.0. The number of hydrogen-bond acceptors (Lipinski definition) is 3. The van der Waals surface area contributed by atoms with Crippen LogP contribution in [0.15, 0.2) is 18.3 Å². The molecule has 5 nitrogen and oxygen atoms in total. The number of carbonyl (C=O) groups excluding carboxylic acids is 2. The third-order valence-corrected chi connectivity index (χ3v) is 3.27. The number of hydrogen-bond donors (Lipinski definition) is 1. The van der Waals surface area contributed by atoms with Gasteiger partial charge in [-0.2, -0.15) is 0 Å². The lowest BCUT2D eigenvalue weighted by molar-refractivity contribution is -0.134. The molecular formula is C14H22N2O3. The maximum absolute atomic E-state index is 12.0. The first-order valence-corrected chi connectivity index (χ1v) is 6.54. The third kappa shape index (κ3) is 3.84. The summed E-state index contributed by atoms with van der Waals surface area (Å²) in [4.78, 5) is 28.4. The van der Waals surface area contributed by atoms with Crippen molar-refractivity contribution < 1.29 is 14.3 Å². The highest BCUT2D eigenvalue weighted by molar-refractivity contribution is 5.87. The van der Waals surface area contributed by atoms with E-state index in [1.807, 2.05) is 26.0 Å². The summed E-state index contributed by atoms with van der Waals surface area (Å²) in [5.74, 6) is -0.164. The van der Waals surface area contributed by atoms with Gasteiger partial charge in [0.1, 0.15) is 0 Å². The number of ether oxygens (including phenoxy) is 1. The topological polar surface area (TPSA) is 62.4 Å². The Balaban J connectivity index is 2.82. The van der Waals surface area contributed by atoms with E-state index >= 15 is 0 Å². The molecule has 19 heavy (non-hydrogen) atoms. The van der Waals surface area contributed by atoms with Crippen LogP contribution in [0.1, 0.15) is 33.4 Å². The van der Waals surface area contributed by atoms with Gasteiger partial charge in [0.25, 0.3) is 0 Å². The number of carbonyl (C=O) groups is 2. The number of aromatic amines is 1. The van der Waals surface area contributed by atoms with Crippen LogP contribution in [-0.2, 0) is 16.0 Å². The Hall–Kier alpha value is -1.78. The molecule has 106 valence electrons. The van der Waals surface area contributed by atoms with Gasteiger partial charge in [0.15, 0.2) is 11.4 Å². The Labute approximate surface area is 113 Å². The smallest absolute Gasteiger partial charge is 0.410 e. The van der Waals surface area contributed by atoms with E-state index < -0.39 is 11.7 Å². The fourth-order valence-corrected chi connectivity index (χ4v) is 1.81. The van der Waals surface area contributed by atoms with Crippen LogP contribution in [0.3, 0.4) is 0 Å². The van der Waals surface area contributed by atoms with Crippen LogP contribution < -0.4 is 0 Å². The van der Waals surface area contributed by atoms with Gasteiger partial charge in [-0.05, 0) is 39.8 Å². The summed E-state index contributed by atoms with van der Waals surface area (Å²) in [5, 5.41) is 0. The van der Waals surface area contributed by atoms with E-state index in [1.165, 1.54) is 6.92 Å². The molecule has 0 aliphatic carbocycles. The first kappa shape index (κ1) is 15.3.